The first-order valence-corrected chi connectivity index (χ1v) is 9.04. The number of rotatable bonds is 7. The van der Waals surface area contributed by atoms with Crippen molar-refractivity contribution in [2.75, 3.05) is 0 Å². The number of thiazole rings is 1. The highest BCUT2D eigenvalue weighted by Gasteiger charge is 2.20. The summed E-state index contributed by atoms with van der Waals surface area (Å²) in [6.07, 6.45) is 2.49. The molecular formula is C16H19N3O2S2. The number of thioether (sulfide) groups is 1. The Hall–Kier alpha value is -1.86. The first-order chi connectivity index (χ1) is 11.0. The van der Waals surface area contributed by atoms with Crippen molar-refractivity contribution >= 4 is 34.9 Å². The smallest absolute Gasteiger partial charge is 0.252 e. The van der Waals surface area contributed by atoms with Crippen molar-refractivity contribution in [3.63, 3.8) is 0 Å². The number of amides is 2. The van der Waals surface area contributed by atoms with Gasteiger partial charge in [-0.15, -0.1) is 23.1 Å². The van der Waals surface area contributed by atoms with Crippen molar-refractivity contribution in [3.05, 3.63) is 46.4 Å². The van der Waals surface area contributed by atoms with E-state index in [-0.39, 0.29) is 11.9 Å². The van der Waals surface area contributed by atoms with Crippen molar-refractivity contribution < 1.29 is 9.59 Å². The number of carbonyl (C=O) groups excluding carboxylic acids is 2. The van der Waals surface area contributed by atoms with Crippen LogP contribution in [-0.2, 0) is 4.79 Å². The quantitative estimate of drug-likeness (QED) is 0.753. The molecule has 0 fully saturated rings. The molecule has 0 unspecified atom stereocenters. The Bertz CT molecular complexity index is 674. The largest absolute Gasteiger partial charge is 0.369 e. The number of nitrogens with one attached hydrogen (secondary N) is 1. The molecule has 2 atom stereocenters. The van der Waals surface area contributed by atoms with Crippen LogP contribution in [-0.4, -0.2) is 22.0 Å². The Morgan fingerprint density at radius 2 is 2.13 bits per heavy atom. The molecule has 0 aliphatic carbocycles. The lowest BCUT2D eigenvalue weighted by Gasteiger charge is -2.17. The number of aromatic nitrogens is 1. The molecule has 1 aromatic heterocycles. The normalized spacial score (nSPS) is 13.3. The third-order valence-corrected chi connectivity index (χ3v) is 5.38. The van der Waals surface area contributed by atoms with E-state index in [1.165, 1.54) is 23.1 Å². The minimum Gasteiger partial charge on any atom is -0.369 e. The summed E-state index contributed by atoms with van der Waals surface area (Å²) in [6.45, 7) is 3.73. The zero-order chi connectivity index (χ0) is 16.8. The molecular weight excluding hydrogens is 330 g/mol. The Morgan fingerprint density at radius 3 is 2.74 bits per heavy atom. The van der Waals surface area contributed by atoms with Gasteiger partial charge in [-0.05, 0) is 25.5 Å². The van der Waals surface area contributed by atoms with Gasteiger partial charge in [0.05, 0.1) is 16.9 Å². The summed E-state index contributed by atoms with van der Waals surface area (Å²) in [5.41, 5.74) is 5.85. The van der Waals surface area contributed by atoms with E-state index in [2.05, 4.69) is 10.3 Å². The Morgan fingerprint density at radius 1 is 1.39 bits per heavy atom. The van der Waals surface area contributed by atoms with Crippen LogP contribution in [0.15, 0.2) is 40.7 Å². The molecule has 0 radical (unpaired) electrons. The Kier molecular flexibility index (Phi) is 6.18. The van der Waals surface area contributed by atoms with Crippen LogP contribution >= 0.6 is 23.1 Å². The van der Waals surface area contributed by atoms with E-state index in [4.69, 9.17) is 5.73 Å². The molecule has 0 saturated carbocycles. The maximum absolute atomic E-state index is 12.6. The van der Waals surface area contributed by atoms with E-state index >= 15 is 0 Å². The molecule has 0 aliphatic heterocycles. The molecule has 0 bridgehead atoms. The molecule has 2 rings (SSSR count). The van der Waals surface area contributed by atoms with Crippen molar-refractivity contribution in [2.45, 2.75) is 36.5 Å². The number of primary amides is 1. The van der Waals surface area contributed by atoms with E-state index in [0.29, 0.717) is 5.56 Å². The highest BCUT2D eigenvalue weighted by Crippen LogP contribution is 2.27. The molecule has 0 aliphatic rings. The molecule has 2 aromatic rings. The van der Waals surface area contributed by atoms with Crippen molar-refractivity contribution in [2.24, 2.45) is 5.73 Å². The third-order valence-electron chi connectivity index (χ3n) is 3.30. The van der Waals surface area contributed by atoms with Gasteiger partial charge in [-0.25, -0.2) is 4.98 Å². The lowest BCUT2D eigenvalue weighted by atomic mass is 10.1. The maximum atomic E-state index is 12.6. The second-order valence-electron chi connectivity index (χ2n) is 4.96. The Labute approximate surface area is 143 Å². The van der Waals surface area contributed by atoms with Crippen LogP contribution < -0.4 is 11.1 Å². The minimum atomic E-state index is -0.403. The zero-order valence-corrected chi connectivity index (χ0v) is 14.6. The average Bonchev–Trinajstić information content (AvgIpc) is 3.07. The first kappa shape index (κ1) is 17.5. The number of benzene rings is 1. The fraction of sp³-hybridized carbons (Fsp3) is 0.312. The highest BCUT2D eigenvalue weighted by molar-refractivity contribution is 8.00. The summed E-state index contributed by atoms with van der Waals surface area (Å²) >= 11 is 2.81. The molecule has 23 heavy (non-hydrogen) atoms. The van der Waals surface area contributed by atoms with Gasteiger partial charge in [-0.1, -0.05) is 19.1 Å². The van der Waals surface area contributed by atoms with Crippen LogP contribution in [0.3, 0.4) is 0 Å². The molecule has 3 N–H and O–H groups in total. The van der Waals surface area contributed by atoms with Crippen LogP contribution in [0, 0.1) is 0 Å². The summed E-state index contributed by atoms with van der Waals surface area (Å²) in [4.78, 5) is 28.9. The first-order valence-electron chi connectivity index (χ1n) is 7.28. The van der Waals surface area contributed by atoms with Crippen LogP contribution in [0.5, 0.6) is 0 Å². The highest BCUT2D eigenvalue weighted by atomic mass is 32.2. The van der Waals surface area contributed by atoms with Crippen molar-refractivity contribution in [3.8, 4) is 0 Å². The van der Waals surface area contributed by atoms with E-state index in [9.17, 15) is 9.59 Å². The maximum Gasteiger partial charge on any atom is 0.252 e. The Balaban J connectivity index is 2.17. The van der Waals surface area contributed by atoms with Crippen LogP contribution in [0.25, 0.3) is 0 Å². The number of hydrogen-bond acceptors (Lipinski definition) is 5. The summed E-state index contributed by atoms with van der Waals surface area (Å²) in [5.74, 6) is -0.578. The number of carbonyl (C=O) groups is 2. The van der Waals surface area contributed by atoms with E-state index in [0.717, 1.165) is 16.3 Å². The molecule has 122 valence electrons. The lowest BCUT2D eigenvalue weighted by molar-refractivity contribution is -0.117. The van der Waals surface area contributed by atoms with Gasteiger partial charge in [-0.3, -0.25) is 9.59 Å². The van der Waals surface area contributed by atoms with Crippen molar-refractivity contribution in [1.29, 1.82) is 0 Å². The van der Waals surface area contributed by atoms with Gasteiger partial charge >= 0.3 is 0 Å². The van der Waals surface area contributed by atoms with Crippen LogP contribution in [0.1, 0.15) is 41.7 Å². The van der Waals surface area contributed by atoms with E-state index < -0.39 is 11.2 Å². The number of nitrogens with zero attached hydrogens (tertiary/aromatic N) is 1. The predicted molar refractivity (Wildman–Crippen MR) is 93.6 cm³/mol. The molecule has 1 aromatic carbocycles. The fourth-order valence-electron chi connectivity index (χ4n) is 1.99. The second kappa shape index (κ2) is 8.12. The summed E-state index contributed by atoms with van der Waals surface area (Å²) in [6, 6.07) is 7.10. The van der Waals surface area contributed by atoms with Gasteiger partial charge in [0.1, 0.15) is 5.01 Å². The average molecular weight is 349 g/mol. The lowest BCUT2D eigenvalue weighted by Crippen LogP contribution is -2.29. The van der Waals surface area contributed by atoms with E-state index in [1.807, 2.05) is 24.4 Å². The van der Waals surface area contributed by atoms with Gasteiger partial charge in [-0.2, -0.15) is 0 Å². The summed E-state index contributed by atoms with van der Waals surface area (Å²) in [7, 11) is 0. The van der Waals surface area contributed by atoms with Gasteiger partial charge < -0.3 is 11.1 Å². The predicted octanol–water partition coefficient (Wildman–Crippen LogP) is 2.99. The topological polar surface area (TPSA) is 85.1 Å². The molecule has 0 spiro atoms. The standard InChI is InChI=1S/C16H19N3O2S2/c1-3-12(16-18-8-9-22-16)19-15(21)11-6-4-5-7-13(11)23-10(2)14(17)20/h4-10,12H,3H2,1-2H3,(H2,17,20)(H,19,21)/t10-,12-/m1/s1. The summed E-state index contributed by atoms with van der Waals surface area (Å²) < 4.78 is 0. The van der Waals surface area contributed by atoms with Gasteiger partial charge in [0.2, 0.25) is 5.91 Å². The van der Waals surface area contributed by atoms with Gasteiger partial charge in [0, 0.05) is 16.5 Å². The van der Waals surface area contributed by atoms with Crippen LogP contribution in [0.4, 0.5) is 0 Å². The molecule has 1 heterocycles. The zero-order valence-electron chi connectivity index (χ0n) is 13.0. The van der Waals surface area contributed by atoms with Gasteiger partial charge in [0.25, 0.3) is 5.91 Å². The van der Waals surface area contributed by atoms with Crippen LogP contribution in [0.2, 0.25) is 0 Å². The SMILES string of the molecule is CC[C@@H](NC(=O)c1ccccc1S[C@H](C)C(N)=O)c1nccs1. The molecule has 5 nitrogen and oxygen atoms in total. The monoisotopic (exact) mass is 349 g/mol. The summed E-state index contributed by atoms with van der Waals surface area (Å²) in [5, 5.41) is 5.39. The second-order valence-corrected chi connectivity index (χ2v) is 7.27. The number of hydrogen-bond donors (Lipinski definition) is 2. The minimum absolute atomic E-state index is 0.117. The fourth-order valence-corrected chi connectivity index (χ4v) is 3.70. The molecule has 7 heteroatoms. The van der Waals surface area contributed by atoms with Gasteiger partial charge in [0.15, 0.2) is 0 Å². The third kappa shape index (κ3) is 4.56. The molecule has 2 amide bonds. The van der Waals surface area contributed by atoms with E-state index in [1.54, 1.807) is 25.3 Å². The van der Waals surface area contributed by atoms with Crippen molar-refractivity contribution in [1.82, 2.24) is 10.3 Å². The molecule has 0 saturated heterocycles. The number of nitrogens with two attached hydrogens (primary N) is 1.